The van der Waals surface area contributed by atoms with Crippen LogP contribution in [0.1, 0.15) is 57.7 Å². The number of hydrogen-bond donors (Lipinski definition) is 1. The van der Waals surface area contributed by atoms with Crippen molar-refractivity contribution < 1.29 is 9.53 Å². The molecule has 1 aromatic heterocycles. The first-order valence-corrected chi connectivity index (χ1v) is 11.7. The predicted molar refractivity (Wildman–Crippen MR) is 124 cm³/mol. The van der Waals surface area contributed by atoms with Gasteiger partial charge >= 0.3 is 0 Å². The maximum Gasteiger partial charge on any atom is 0.259 e. The van der Waals surface area contributed by atoms with Crippen LogP contribution in [-0.4, -0.2) is 41.5 Å². The second-order valence-electron chi connectivity index (χ2n) is 8.82. The standard InChI is InChI=1S/C26H37N3O2/c1-4-5-19-31-26(21(2)3,24-13-9-10-16-27-24)25(30)28-23-14-17-29(18-15-23)20-22-11-7-6-8-12-22/h6-13,16,21,23H,4-5,14-15,17-20H2,1-3H3,(H,28,30). The van der Waals surface area contributed by atoms with Crippen molar-refractivity contribution in [3.8, 4) is 0 Å². The lowest BCUT2D eigenvalue weighted by Crippen LogP contribution is -2.55. The molecule has 1 saturated heterocycles. The number of unbranched alkanes of at least 4 members (excludes halogenated alkanes) is 1. The van der Waals surface area contributed by atoms with Crippen LogP contribution in [0.25, 0.3) is 0 Å². The Morgan fingerprint density at radius 3 is 2.48 bits per heavy atom. The van der Waals surface area contributed by atoms with E-state index in [1.54, 1.807) is 6.20 Å². The van der Waals surface area contributed by atoms with Gasteiger partial charge < -0.3 is 10.1 Å². The molecule has 3 rings (SSSR count). The number of pyridine rings is 1. The summed E-state index contributed by atoms with van der Waals surface area (Å²) in [5.41, 5.74) is 0.973. The molecule has 1 aliphatic heterocycles. The zero-order valence-corrected chi connectivity index (χ0v) is 19.2. The van der Waals surface area contributed by atoms with Crippen LogP contribution in [-0.2, 0) is 21.7 Å². The molecule has 1 fully saturated rings. The molecule has 1 aromatic carbocycles. The normalized spacial score (nSPS) is 17.4. The molecule has 1 amide bonds. The molecule has 1 atom stereocenters. The van der Waals surface area contributed by atoms with Gasteiger partial charge in [0.05, 0.1) is 5.69 Å². The third kappa shape index (κ3) is 5.92. The summed E-state index contributed by atoms with van der Waals surface area (Å²) in [4.78, 5) is 20.6. The van der Waals surface area contributed by atoms with E-state index in [4.69, 9.17) is 4.74 Å². The van der Waals surface area contributed by atoms with Gasteiger partial charge in [-0.3, -0.25) is 14.7 Å². The SMILES string of the molecule is CCCCOC(C(=O)NC1CCN(Cc2ccccc2)CC1)(c1ccccn1)C(C)C. The first-order valence-electron chi connectivity index (χ1n) is 11.7. The van der Waals surface area contributed by atoms with Gasteiger partial charge in [-0.15, -0.1) is 0 Å². The summed E-state index contributed by atoms with van der Waals surface area (Å²) in [7, 11) is 0. The van der Waals surface area contributed by atoms with E-state index in [1.807, 2.05) is 32.0 Å². The Morgan fingerprint density at radius 2 is 1.87 bits per heavy atom. The van der Waals surface area contributed by atoms with Gasteiger partial charge in [-0.25, -0.2) is 0 Å². The minimum Gasteiger partial charge on any atom is -0.358 e. The average molecular weight is 424 g/mol. The maximum atomic E-state index is 13.7. The van der Waals surface area contributed by atoms with E-state index >= 15 is 0 Å². The van der Waals surface area contributed by atoms with Crippen LogP contribution >= 0.6 is 0 Å². The van der Waals surface area contributed by atoms with Gasteiger partial charge in [-0.1, -0.05) is 63.6 Å². The highest BCUT2D eigenvalue weighted by atomic mass is 16.5. The molecule has 2 aromatic rings. The number of nitrogens with one attached hydrogen (secondary N) is 1. The number of carbonyl (C=O) groups is 1. The van der Waals surface area contributed by atoms with Crippen molar-refractivity contribution in [1.82, 2.24) is 15.2 Å². The van der Waals surface area contributed by atoms with Crippen molar-refractivity contribution in [2.45, 2.75) is 64.6 Å². The molecule has 5 heteroatoms. The lowest BCUT2D eigenvalue weighted by atomic mass is 9.84. The monoisotopic (exact) mass is 423 g/mol. The van der Waals surface area contributed by atoms with Crippen molar-refractivity contribution in [3.63, 3.8) is 0 Å². The van der Waals surface area contributed by atoms with Crippen LogP contribution in [0.5, 0.6) is 0 Å². The summed E-state index contributed by atoms with van der Waals surface area (Å²) in [6.45, 7) is 9.69. The van der Waals surface area contributed by atoms with Gasteiger partial charge in [-0.05, 0) is 42.9 Å². The summed E-state index contributed by atoms with van der Waals surface area (Å²) in [6.07, 6.45) is 5.59. The molecular formula is C26H37N3O2. The number of nitrogens with zero attached hydrogens (tertiary/aromatic N) is 2. The lowest BCUT2D eigenvalue weighted by Gasteiger charge is -2.38. The van der Waals surface area contributed by atoms with Crippen LogP contribution in [0.4, 0.5) is 0 Å². The van der Waals surface area contributed by atoms with Gasteiger partial charge in [0, 0.05) is 38.5 Å². The lowest BCUT2D eigenvalue weighted by molar-refractivity contribution is -0.159. The van der Waals surface area contributed by atoms with Crippen LogP contribution in [0.15, 0.2) is 54.7 Å². The summed E-state index contributed by atoms with van der Waals surface area (Å²) >= 11 is 0. The zero-order chi connectivity index (χ0) is 22.1. The number of ether oxygens (including phenoxy) is 1. The largest absolute Gasteiger partial charge is 0.358 e. The highest BCUT2D eigenvalue weighted by Crippen LogP contribution is 2.34. The molecule has 1 N–H and O–H groups in total. The third-order valence-electron chi connectivity index (χ3n) is 6.20. The fraction of sp³-hybridized carbons (Fsp3) is 0.538. The topological polar surface area (TPSA) is 54.5 Å². The van der Waals surface area contributed by atoms with Gasteiger partial charge in [0.1, 0.15) is 0 Å². The van der Waals surface area contributed by atoms with Gasteiger partial charge in [-0.2, -0.15) is 0 Å². The van der Waals surface area contributed by atoms with Crippen LogP contribution in [0.3, 0.4) is 0 Å². The molecule has 1 aliphatic rings. The van der Waals surface area contributed by atoms with Crippen molar-refractivity contribution in [1.29, 1.82) is 0 Å². The quantitative estimate of drug-likeness (QED) is 0.571. The molecule has 5 nitrogen and oxygen atoms in total. The van der Waals surface area contributed by atoms with E-state index in [9.17, 15) is 4.79 Å². The summed E-state index contributed by atoms with van der Waals surface area (Å²) in [5.74, 6) is -0.0868. The summed E-state index contributed by atoms with van der Waals surface area (Å²) < 4.78 is 6.34. The Labute approximate surface area is 187 Å². The zero-order valence-electron chi connectivity index (χ0n) is 19.2. The van der Waals surface area contributed by atoms with Gasteiger partial charge in [0.15, 0.2) is 5.60 Å². The van der Waals surface area contributed by atoms with E-state index in [2.05, 4.69) is 52.5 Å². The number of rotatable bonds is 10. The number of aromatic nitrogens is 1. The number of piperidine rings is 1. The van der Waals surface area contributed by atoms with Crippen molar-refractivity contribution in [2.75, 3.05) is 19.7 Å². The highest BCUT2D eigenvalue weighted by Gasteiger charge is 2.46. The molecule has 2 heterocycles. The molecular weight excluding hydrogens is 386 g/mol. The highest BCUT2D eigenvalue weighted by molar-refractivity contribution is 5.86. The molecule has 0 bridgehead atoms. The minimum atomic E-state index is -1.06. The predicted octanol–water partition coefficient (Wildman–Crippen LogP) is 4.53. The number of carbonyl (C=O) groups excluding carboxylic acids is 1. The summed E-state index contributed by atoms with van der Waals surface area (Å²) in [6, 6.07) is 16.4. The van der Waals surface area contributed by atoms with Crippen LogP contribution in [0.2, 0.25) is 0 Å². The number of hydrogen-bond acceptors (Lipinski definition) is 4. The van der Waals surface area contributed by atoms with E-state index < -0.39 is 5.60 Å². The fourth-order valence-electron chi connectivity index (χ4n) is 4.31. The second-order valence-corrected chi connectivity index (χ2v) is 8.82. The van der Waals surface area contributed by atoms with E-state index in [0.717, 1.165) is 45.3 Å². The van der Waals surface area contributed by atoms with E-state index in [1.165, 1.54) is 5.56 Å². The van der Waals surface area contributed by atoms with Crippen LogP contribution in [0, 0.1) is 5.92 Å². The molecule has 31 heavy (non-hydrogen) atoms. The Balaban J connectivity index is 1.66. The summed E-state index contributed by atoms with van der Waals surface area (Å²) in [5, 5.41) is 3.32. The van der Waals surface area contributed by atoms with Crippen LogP contribution < -0.4 is 5.32 Å². The Hall–Kier alpha value is -2.24. The van der Waals surface area contributed by atoms with Gasteiger partial charge in [0.25, 0.3) is 5.91 Å². The Bertz CT molecular complexity index is 789. The van der Waals surface area contributed by atoms with Gasteiger partial charge in [0.2, 0.25) is 0 Å². The third-order valence-corrected chi connectivity index (χ3v) is 6.20. The van der Waals surface area contributed by atoms with E-state index in [-0.39, 0.29) is 17.9 Å². The molecule has 0 spiro atoms. The number of likely N-dealkylation sites (tertiary alicyclic amines) is 1. The minimum absolute atomic E-state index is 0.0302. The average Bonchev–Trinajstić information content (AvgIpc) is 2.79. The second kappa shape index (κ2) is 11.4. The maximum absolute atomic E-state index is 13.7. The van der Waals surface area contributed by atoms with E-state index in [0.29, 0.717) is 12.3 Å². The first-order chi connectivity index (χ1) is 15.1. The van der Waals surface area contributed by atoms with Crippen molar-refractivity contribution in [3.05, 3.63) is 66.0 Å². The molecule has 0 radical (unpaired) electrons. The first kappa shape index (κ1) is 23.4. The van der Waals surface area contributed by atoms with Crippen molar-refractivity contribution >= 4 is 5.91 Å². The molecule has 1 unspecified atom stereocenters. The molecule has 168 valence electrons. The number of benzene rings is 1. The molecule has 0 saturated carbocycles. The smallest absolute Gasteiger partial charge is 0.259 e. The Morgan fingerprint density at radius 1 is 1.16 bits per heavy atom. The number of amides is 1. The fourth-order valence-corrected chi connectivity index (χ4v) is 4.31. The Kier molecular flexibility index (Phi) is 8.61. The van der Waals surface area contributed by atoms with Crippen molar-refractivity contribution in [2.24, 2.45) is 5.92 Å². The molecule has 0 aliphatic carbocycles.